The van der Waals surface area contributed by atoms with Crippen molar-refractivity contribution >= 4 is 40.3 Å². The van der Waals surface area contributed by atoms with Gasteiger partial charge < -0.3 is 5.32 Å². The molecule has 0 aliphatic heterocycles. The Morgan fingerprint density at radius 1 is 1.09 bits per heavy atom. The number of benzene rings is 1. The van der Waals surface area contributed by atoms with Gasteiger partial charge in [0.05, 0.1) is 16.3 Å². The molecule has 34 heavy (non-hydrogen) atoms. The van der Waals surface area contributed by atoms with E-state index in [9.17, 15) is 4.79 Å². The third-order valence-electron chi connectivity index (χ3n) is 4.95. The molecule has 4 aromatic heterocycles. The van der Waals surface area contributed by atoms with Crippen LogP contribution >= 0.6 is 34.4 Å². The van der Waals surface area contributed by atoms with Crippen LogP contribution in [0.4, 0.5) is 0 Å². The van der Waals surface area contributed by atoms with Crippen molar-refractivity contribution in [2.75, 3.05) is 0 Å². The van der Waals surface area contributed by atoms with Gasteiger partial charge in [-0.15, -0.1) is 32.9 Å². The molecule has 1 N–H and O–H groups in total. The molecule has 0 aliphatic rings. The molecular formula is C24H20N6OS3. The number of aromatic nitrogens is 5. The molecule has 170 valence electrons. The highest BCUT2D eigenvalue weighted by Crippen LogP contribution is 2.32. The Morgan fingerprint density at radius 3 is 2.76 bits per heavy atom. The Kier molecular flexibility index (Phi) is 6.79. The maximum absolute atomic E-state index is 12.5. The second-order valence-electron chi connectivity index (χ2n) is 7.41. The van der Waals surface area contributed by atoms with Gasteiger partial charge in [0.25, 0.3) is 5.91 Å². The van der Waals surface area contributed by atoms with Crippen LogP contribution in [0.2, 0.25) is 0 Å². The number of thiazole rings is 1. The van der Waals surface area contributed by atoms with Gasteiger partial charge in [0, 0.05) is 24.3 Å². The largest absolute Gasteiger partial charge is 0.347 e. The number of thioether (sulfide) groups is 1. The lowest BCUT2D eigenvalue weighted by Crippen LogP contribution is -2.23. The van der Waals surface area contributed by atoms with E-state index in [1.54, 1.807) is 40.9 Å². The van der Waals surface area contributed by atoms with E-state index in [4.69, 9.17) is 0 Å². The quantitative estimate of drug-likeness (QED) is 0.286. The van der Waals surface area contributed by atoms with Gasteiger partial charge >= 0.3 is 0 Å². The van der Waals surface area contributed by atoms with Crippen molar-refractivity contribution < 1.29 is 4.79 Å². The van der Waals surface area contributed by atoms with E-state index in [0.717, 1.165) is 32.1 Å². The van der Waals surface area contributed by atoms with E-state index in [-0.39, 0.29) is 5.91 Å². The zero-order valence-corrected chi connectivity index (χ0v) is 20.7. The van der Waals surface area contributed by atoms with Crippen molar-refractivity contribution in [1.82, 2.24) is 30.0 Å². The Balaban J connectivity index is 1.31. The van der Waals surface area contributed by atoms with Crippen molar-refractivity contribution in [2.24, 2.45) is 0 Å². The monoisotopic (exact) mass is 504 g/mol. The van der Waals surface area contributed by atoms with E-state index < -0.39 is 0 Å². The smallest absolute Gasteiger partial charge is 0.271 e. The molecule has 0 saturated heterocycles. The molecule has 0 aliphatic carbocycles. The van der Waals surface area contributed by atoms with E-state index in [1.807, 2.05) is 35.7 Å². The zero-order valence-electron chi connectivity index (χ0n) is 18.2. The fraction of sp³-hybridized carbons (Fsp3) is 0.125. The number of nitrogens with one attached hydrogen (secondary N) is 1. The third kappa shape index (κ3) is 5.09. The van der Waals surface area contributed by atoms with E-state index >= 15 is 0 Å². The lowest BCUT2D eigenvalue weighted by Gasteiger charge is -2.10. The number of carbonyl (C=O) groups excluding carboxylic acids is 1. The van der Waals surface area contributed by atoms with Crippen molar-refractivity contribution in [3.63, 3.8) is 0 Å². The number of pyridine rings is 1. The standard InChI is InChI=1S/C24H20N6OS3/c1-16-4-2-5-18(12-16)30-22(20-6-3-11-32-20)28-29-24(30)34-15-21-27-19(14-33-21)23(31)26-13-17-7-9-25-10-8-17/h2-12,14H,13,15H2,1H3,(H,26,31). The molecular weight excluding hydrogens is 485 g/mol. The van der Waals surface area contributed by atoms with Gasteiger partial charge in [0.2, 0.25) is 0 Å². The summed E-state index contributed by atoms with van der Waals surface area (Å²) >= 11 is 4.66. The van der Waals surface area contributed by atoms with Crippen LogP contribution in [-0.2, 0) is 12.3 Å². The van der Waals surface area contributed by atoms with E-state index in [2.05, 4.69) is 55.2 Å². The van der Waals surface area contributed by atoms with E-state index in [1.165, 1.54) is 16.9 Å². The lowest BCUT2D eigenvalue weighted by atomic mass is 10.2. The topological polar surface area (TPSA) is 85.6 Å². The summed E-state index contributed by atoms with van der Waals surface area (Å²) in [4.78, 5) is 22.1. The average Bonchev–Trinajstić information content (AvgIpc) is 3.62. The minimum absolute atomic E-state index is 0.188. The van der Waals surface area contributed by atoms with Gasteiger partial charge in [0.15, 0.2) is 11.0 Å². The van der Waals surface area contributed by atoms with E-state index in [0.29, 0.717) is 18.0 Å². The highest BCUT2D eigenvalue weighted by atomic mass is 32.2. The maximum atomic E-state index is 12.5. The molecule has 5 aromatic rings. The van der Waals surface area contributed by atoms with Crippen LogP contribution in [-0.4, -0.2) is 30.6 Å². The summed E-state index contributed by atoms with van der Waals surface area (Å²) in [6.45, 7) is 2.51. The number of thiophene rings is 1. The number of hydrogen-bond donors (Lipinski definition) is 1. The summed E-state index contributed by atoms with van der Waals surface area (Å²) in [5.41, 5.74) is 3.60. The summed E-state index contributed by atoms with van der Waals surface area (Å²) in [6, 6.07) is 16.1. The Labute approximate surface area is 209 Å². The van der Waals surface area contributed by atoms with Crippen LogP contribution in [0.3, 0.4) is 0 Å². The number of nitrogens with zero attached hydrogens (tertiary/aromatic N) is 5. The molecule has 1 aromatic carbocycles. The first kappa shape index (κ1) is 22.5. The number of hydrogen-bond acceptors (Lipinski definition) is 8. The minimum atomic E-state index is -0.188. The molecule has 0 atom stereocenters. The lowest BCUT2D eigenvalue weighted by molar-refractivity contribution is 0.0946. The molecule has 0 saturated carbocycles. The molecule has 0 bridgehead atoms. The summed E-state index contributed by atoms with van der Waals surface area (Å²) in [5, 5.41) is 17.3. The fourth-order valence-corrected chi connectivity index (χ4v) is 5.75. The minimum Gasteiger partial charge on any atom is -0.347 e. The molecule has 7 nitrogen and oxygen atoms in total. The van der Waals surface area contributed by atoms with Gasteiger partial charge in [-0.2, -0.15) is 0 Å². The number of carbonyl (C=O) groups is 1. The summed E-state index contributed by atoms with van der Waals surface area (Å²) in [6.07, 6.45) is 3.41. The summed E-state index contributed by atoms with van der Waals surface area (Å²) < 4.78 is 2.08. The predicted molar refractivity (Wildman–Crippen MR) is 136 cm³/mol. The van der Waals surface area contributed by atoms with Crippen LogP contribution in [0.25, 0.3) is 16.4 Å². The van der Waals surface area contributed by atoms with Crippen molar-refractivity contribution in [2.45, 2.75) is 24.4 Å². The molecule has 0 radical (unpaired) electrons. The van der Waals surface area contributed by atoms with Crippen LogP contribution in [0.15, 0.2) is 76.8 Å². The Morgan fingerprint density at radius 2 is 1.97 bits per heavy atom. The predicted octanol–water partition coefficient (Wildman–Crippen LogP) is 5.38. The molecule has 0 fully saturated rings. The second kappa shape index (κ2) is 10.3. The van der Waals surface area contributed by atoms with Crippen LogP contribution in [0, 0.1) is 6.92 Å². The van der Waals surface area contributed by atoms with Crippen LogP contribution in [0.1, 0.15) is 26.6 Å². The molecule has 0 spiro atoms. The summed E-state index contributed by atoms with van der Waals surface area (Å²) in [7, 11) is 0. The van der Waals surface area contributed by atoms with Gasteiger partial charge in [-0.05, 0) is 53.8 Å². The molecule has 1 amide bonds. The SMILES string of the molecule is Cc1cccc(-n2c(SCc3nc(C(=O)NCc4ccncc4)cs3)nnc2-c2cccs2)c1. The first-order valence-corrected chi connectivity index (χ1v) is 13.2. The maximum Gasteiger partial charge on any atom is 0.271 e. The molecule has 10 heteroatoms. The number of amides is 1. The van der Waals surface area contributed by atoms with Crippen molar-refractivity contribution in [3.05, 3.63) is 93.5 Å². The van der Waals surface area contributed by atoms with Gasteiger partial charge in [-0.1, -0.05) is 30.0 Å². The zero-order chi connectivity index (χ0) is 23.3. The van der Waals surface area contributed by atoms with Crippen LogP contribution < -0.4 is 5.32 Å². The van der Waals surface area contributed by atoms with Crippen molar-refractivity contribution in [1.29, 1.82) is 0 Å². The first-order valence-electron chi connectivity index (χ1n) is 10.5. The summed E-state index contributed by atoms with van der Waals surface area (Å²) in [5.74, 6) is 1.22. The third-order valence-corrected chi connectivity index (χ3v) is 7.78. The fourth-order valence-electron chi connectivity index (χ4n) is 3.31. The number of rotatable bonds is 8. The number of aryl methyl sites for hydroxylation is 1. The molecule has 0 unspecified atom stereocenters. The van der Waals surface area contributed by atoms with Gasteiger partial charge in [0.1, 0.15) is 10.7 Å². The molecule has 4 heterocycles. The van der Waals surface area contributed by atoms with Crippen LogP contribution in [0.5, 0.6) is 0 Å². The molecule has 5 rings (SSSR count). The van der Waals surface area contributed by atoms with Gasteiger partial charge in [-0.25, -0.2) is 4.98 Å². The van der Waals surface area contributed by atoms with Crippen molar-refractivity contribution in [3.8, 4) is 16.4 Å². The highest BCUT2D eigenvalue weighted by Gasteiger charge is 2.18. The Hall–Kier alpha value is -3.34. The first-order chi connectivity index (χ1) is 16.7. The average molecular weight is 505 g/mol. The Bertz CT molecular complexity index is 1400. The normalized spacial score (nSPS) is 11.0. The van der Waals surface area contributed by atoms with Gasteiger partial charge in [-0.3, -0.25) is 14.3 Å². The second-order valence-corrected chi connectivity index (χ2v) is 10.2. The highest BCUT2D eigenvalue weighted by molar-refractivity contribution is 7.98.